The fraction of sp³-hybridized carbons (Fsp3) is 0.250. The van der Waals surface area contributed by atoms with E-state index in [9.17, 15) is 9.59 Å². The number of carbonyl (C=O) groups is 2. The summed E-state index contributed by atoms with van der Waals surface area (Å²) in [6, 6.07) is 15.4. The molecule has 1 aliphatic heterocycles. The van der Waals surface area contributed by atoms with E-state index in [1.807, 2.05) is 12.1 Å². The maximum atomic E-state index is 13.0. The quantitative estimate of drug-likeness (QED) is 0.617. The van der Waals surface area contributed by atoms with E-state index in [0.29, 0.717) is 41.0 Å². The van der Waals surface area contributed by atoms with Crippen LogP contribution in [0.4, 0.5) is 17.1 Å². The molecule has 1 aromatic heterocycles. The van der Waals surface area contributed by atoms with Crippen LogP contribution in [0.3, 0.4) is 0 Å². The number of nitrogens with one attached hydrogen (secondary N) is 2. The van der Waals surface area contributed by atoms with Crippen LogP contribution in [0.5, 0.6) is 5.75 Å². The van der Waals surface area contributed by atoms with Gasteiger partial charge in [0.2, 0.25) is 5.91 Å². The SMILES string of the molecule is COc1ccc(NC(=O)c2ccoc2CN2c3ccccc3CC2C)cc1NC(C)=O. The molecular weight excluding hydrogens is 394 g/mol. The van der Waals surface area contributed by atoms with Crippen molar-refractivity contribution >= 4 is 28.9 Å². The number of ether oxygens (including phenoxy) is 1. The van der Waals surface area contributed by atoms with Crippen LogP contribution in [0, 0.1) is 0 Å². The summed E-state index contributed by atoms with van der Waals surface area (Å²) in [4.78, 5) is 26.7. The first-order valence-corrected chi connectivity index (χ1v) is 10.1. The second-order valence-electron chi connectivity index (χ2n) is 7.62. The second-order valence-corrected chi connectivity index (χ2v) is 7.62. The number of hydrogen-bond donors (Lipinski definition) is 2. The zero-order valence-electron chi connectivity index (χ0n) is 17.8. The summed E-state index contributed by atoms with van der Waals surface area (Å²) in [5, 5.41) is 5.59. The van der Waals surface area contributed by atoms with Crippen LogP contribution in [-0.4, -0.2) is 25.0 Å². The number of nitrogens with zero attached hydrogens (tertiary/aromatic N) is 1. The van der Waals surface area contributed by atoms with Crippen LogP contribution >= 0.6 is 0 Å². The summed E-state index contributed by atoms with van der Waals surface area (Å²) in [6.07, 6.45) is 2.50. The Bertz CT molecular complexity index is 1120. The Balaban J connectivity index is 1.53. The number of furan rings is 1. The molecule has 160 valence electrons. The van der Waals surface area contributed by atoms with Gasteiger partial charge < -0.3 is 24.7 Å². The Morgan fingerprint density at radius 1 is 1.16 bits per heavy atom. The molecule has 31 heavy (non-hydrogen) atoms. The molecule has 2 amide bonds. The van der Waals surface area contributed by atoms with Crippen LogP contribution in [-0.2, 0) is 17.8 Å². The summed E-state index contributed by atoms with van der Waals surface area (Å²) in [5.41, 5.74) is 3.99. The monoisotopic (exact) mass is 419 g/mol. The van der Waals surface area contributed by atoms with Gasteiger partial charge in [-0.25, -0.2) is 0 Å². The van der Waals surface area contributed by atoms with Crippen LogP contribution in [0.25, 0.3) is 0 Å². The Hall–Kier alpha value is -3.74. The fourth-order valence-corrected chi connectivity index (χ4v) is 3.96. The first kappa shape index (κ1) is 20.5. The maximum absolute atomic E-state index is 13.0. The normalized spacial score (nSPS) is 14.8. The molecule has 0 aliphatic carbocycles. The molecule has 1 atom stereocenters. The van der Waals surface area contributed by atoms with Gasteiger partial charge in [-0.1, -0.05) is 18.2 Å². The minimum atomic E-state index is -0.275. The molecule has 4 rings (SSSR count). The molecule has 0 fully saturated rings. The van der Waals surface area contributed by atoms with Gasteiger partial charge in [-0.2, -0.15) is 0 Å². The zero-order valence-corrected chi connectivity index (χ0v) is 17.8. The lowest BCUT2D eigenvalue weighted by molar-refractivity contribution is -0.114. The van der Waals surface area contributed by atoms with Crippen LogP contribution in [0.2, 0.25) is 0 Å². The molecule has 7 nitrogen and oxygen atoms in total. The molecule has 2 heterocycles. The van der Waals surface area contributed by atoms with Crippen molar-refractivity contribution in [3.63, 3.8) is 0 Å². The third-order valence-electron chi connectivity index (χ3n) is 5.42. The summed E-state index contributed by atoms with van der Waals surface area (Å²) < 4.78 is 10.9. The minimum Gasteiger partial charge on any atom is -0.495 e. The number of rotatable bonds is 6. The Labute approximate surface area is 181 Å². The predicted octanol–water partition coefficient (Wildman–Crippen LogP) is 4.45. The Morgan fingerprint density at radius 3 is 2.74 bits per heavy atom. The Kier molecular flexibility index (Phi) is 5.66. The first-order chi connectivity index (χ1) is 15.0. The van der Waals surface area contributed by atoms with Crippen LogP contribution in [0.1, 0.15) is 35.5 Å². The molecule has 1 aliphatic rings. The molecule has 0 radical (unpaired) electrons. The van der Waals surface area contributed by atoms with Crippen molar-refractivity contribution in [3.8, 4) is 5.75 Å². The number of fused-ring (bicyclic) bond motifs is 1. The summed E-state index contributed by atoms with van der Waals surface area (Å²) in [7, 11) is 1.52. The van der Waals surface area contributed by atoms with Crippen LogP contribution < -0.4 is 20.3 Å². The highest BCUT2D eigenvalue weighted by Crippen LogP contribution is 2.34. The van der Waals surface area contributed by atoms with Gasteiger partial charge >= 0.3 is 0 Å². The van der Waals surface area contributed by atoms with Crippen LogP contribution in [0.15, 0.2) is 59.2 Å². The van der Waals surface area contributed by atoms with Gasteiger partial charge in [0.15, 0.2) is 0 Å². The van der Waals surface area contributed by atoms with Crippen molar-refractivity contribution in [3.05, 3.63) is 71.7 Å². The number of para-hydroxylation sites is 1. The largest absolute Gasteiger partial charge is 0.495 e. The Morgan fingerprint density at radius 2 is 1.97 bits per heavy atom. The highest BCUT2D eigenvalue weighted by Gasteiger charge is 2.28. The third-order valence-corrected chi connectivity index (χ3v) is 5.42. The van der Waals surface area contributed by atoms with E-state index in [-0.39, 0.29) is 11.8 Å². The van der Waals surface area contributed by atoms with Gasteiger partial charge in [0.1, 0.15) is 11.5 Å². The summed E-state index contributed by atoms with van der Waals surface area (Å²) in [6.45, 7) is 4.09. The number of methoxy groups -OCH3 is 1. The van der Waals surface area contributed by atoms with E-state index >= 15 is 0 Å². The number of amides is 2. The molecule has 0 spiro atoms. The first-order valence-electron chi connectivity index (χ1n) is 10.1. The van der Waals surface area contributed by atoms with Gasteiger partial charge in [-0.3, -0.25) is 9.59 Å². The van der Waals surface area contributed by atoms with Crippen molar-refractivity contribution in [2.24, 2.45) is 0 Å². The van der Waals surface area contributed by atoms with E-state index in [0.717, 1.165) is 6.42 Å². The molecule has 0 bridgehead atoms. The van der Waals surface area contributed by atoms with Crippen molar-refractivity contribution in [1.29, 1.82) is 0 Å². The lowest BCUT2D eigenvalue weighted by Crippen LogP contribution is -2.29. The molecule has 3 aromatic rings. The lowest BCUT2D eigenvalue weighted by atomic mass is 10.1. The van der Waals surface area contributed by atoms with E-state index < -0.39 is 0 Å². The predicted molar refractivity (Wildman–Crippen MR) is 120 cm³/mol. The molecule has 2 aromatic carbocycles. The highest BCUT2D eigenvalue weighted by molar-refractivity contribution is 6.05. The third kappa shape index (κ3) is 4.26. The molecule has 1 unspecified atom stereocenters. The van der Waals surface area contributed by atoms with Gasteiger partial charge in [0.25, 0.3) is 5.91 Å². The van der Waals surface area contributed by atoms with Gasteiger partial charge in [0, 0.05) is 24.3 Å². The van der Waals surface area contributed by atoms with Gasteiger partial charge in [-0.15, -0.1) is 0 Å². The van der Waals surface area contributed by atoms with E-state index in [2.05, 4.69) is 34.6 Å². The zero-order chi connectivity index (χ0) is 22.0. The summed E-state index contributed by atoms with van der Waals surface area (Å²) >= 11 is 0. The molecule has 2 N–H and O–H groups in total. The lowest BCUT2D eigenvalue weighted by Gasteiger charge is -2.24. The number of carbonyl (C=O) groups excluding carboxylic acids is 2. The number of hydrogen-bond acceptors (Lipinski definition) is 5. The van der Waals surface area contributed by atoms with E-state index in [4.69, 9.17) is 9.15 Å². The molecule has 0 saturated carbocycles. The fourth-order valence-electron chi connectivity index (χ4n) is 3.96. The molecule has 7 heteroatoms. The minimum absolute atomic E-state index is 0.223. The van der Waals surface area contributed by atoms with Gasteiger partial charge in [0.05, 0.1) is 31.2 Å². The smallest absolute Gasteiger partial charge is 0.259 e. The average molecular weight is 419 g/mol. The van der Waals surface area contributed by atoms with Crippen molar-refractivity contribution in [2.75, 3.05) is 22.6 Å². The molecular formula is C24H25N3O4. The van der Waals surface area contributed by atoms with Gasteiger partial charge in [-0.05, 0) is 49.2 Å². The molecule has 0 saturated heterocycles. The number of anilines is 3. The standard InChI is InChI=1S/C24H25N3O4/c1-15-12-17-6-4-5-7-21(17)27(15)14-23-19(10-11-31-23)24(29)26-18-8-9-22(30-3)20(13-18)25-16(2)28/h4-11,13,15H,12,14H2,1-3H3,(H,25,28)(H,26,29). The van der Waals surface area contributed by atoms with Crippen molar-refractivity contribution in [1.82, 2.24) is 0 Å². The summed E-state index contributed by atoms with van der Waals surface area (Å²) in [5.74, 6) is 0.622. The highest BCUT2D eigenvalue weighted by atomic mass is 16.5. The van der Waals surface area contributed by atoms with Crippen molar-refractivity contribution < 1.29 is 18.7 Å². The van der Waals surface area contributed by atoms with E-state index in [1.165, 1.54) is 31.5 Å². The number of benzene rings is 2. The average Bonchev–Trinajstić information content (AvgIpc) is 3.33. The maximum Gasteiger partial charge on any atom is 0.259 e. The van der Waals surface area contributed by atoms with Crippen molar-refractivity contribution in [2.45, 2.75) is 32.9 Å². The van der Waals surface area contributed by atoms with E-state index in [1.54, 1.807) is 24.3 Å². The second kappa shape index (κ2) is 8.55. The topological polar surface area (TPSA) is 83.8 Å².